The monoisotopic (exact) mass is 815 g/mol. The zero-order valence-corrected chi connectivity index (χ0v) is 34.2. The first kappa shape index (κ1) is 39.9. The van der Waals surface area contributed by atoms with E-state index >= 15 is 0 Å². The fraction of sp³-hybridized carbons (Fsp3) is 0.558. The maximum absolute atomic E-state index is 14.9. The zero-order valence-electron chi connectivity index (χ0n) is 33.4. The number of benzene rings is 2. The van der Waals surface area contributed by atoms with Gasteiger partial charge >= 0.3 is 6.09 Å². The molecule has 8 rings (SSSR count). The Kier molecular flexibility index (Phi) is 10.6. The van der Waals surface area contributed by atoms with Gasteiger partial charge < -0.3 is 29.7 Å². The molecule has 15 heteroatoms. The van der Waals surface area contributed by atoms with Crippen molar-refractivity contribution in [1.82, 2.24) is 25.2 Å². The summed E-state index contributed by atoms with van der Waals surface area (Å²) in [5.41, 5.74) is -0.262. The SMILES string of the molecule is C=C[C@@H]1C[C@]1(NC(=O)[C@@H]1C[C@@H]2CN1C(=O)[C@H](C1CCCC1)NC(=O)OCC(C)(C)CCCc1cc3c(nc4ccccc4c3cc1OC)O2)C(=O)NS(=O)(=O)C1CC1. The largest absolute Gasteiger partial charge is 0.496 e. The number of carbonyl (C=O) groups is 4. The summed E-state index contributed by atoms with van der Waals surface area (Å²) in [7, 11) is -2.26. The number of aromatic nitrogens is 1. The van der Waals surface area contributed by atoms with Crippen molar-refractivity contribution in [1.29, 1.82) is 0 Å². The highest BCUT2D eigenvalue weighted by Gasteiger charge is 2.62. The van der Waals surface area contributed by atoms with Gasteiger partial charge in [-0.3, -0.25) is 19.1 Å². The average molecular weight is 816 g/mol. The van der Waals surface area contributed by atoms with Crippen LogP contribution in [0.1, 0.15) is 83.6 Å². The van der Waals surface area contributed by atoms with E-state index in [1.165, 1.54) is 11.0 Å². The van der Waals surface area contributed by atoms with E-state index in [9.17, 15) is 27.6 Å². The maximum atomic E-state index is 14.9. The summed E-state index contributed by atoms with van der Waals surface area (Å²) in [6, 6.07) is 9.70. The molecule has 3 N–H and O–H groups in total. The molecular weight excluding hydrogens is 763 g/mol. The van der Waals surface area contributed by atoms with Gasteiger partial charge in [-0.2, -0.15) is 0 Å². The zero-order chi connectivity index (χ0) is 41.0. The Morgan fingerprint density at radius 1 is 1.05 bits per heavy atom. The molecule has 310 valence electrons. The minimum atomic E-state index is -3.91. The summed E-state index contributed by atoms with van der Waals surface area (Å²) >= 11 is 0. The number of ether oxygens (including phenoxy) is 3. The molecule has 2 aromatic carbocycles. The number of cyclic esters (lactones) is 1. The molecule has 5 atom stereocenters. The fourth-order valence-corrected chi connectivity index (χ4v) is 10.5. The van der Waals surface area contributed by atoms with Crippen LogP contribution in [-0.4, -0.2) is 91.4 Å². The highest BCUT2D eigenvalue weighted by atomic mass is 32.2. The number of rotatable bonds is 8. The second-order valence-electron chi connectivity index (χ2n) is 17.6. The van der Waals surface area contributed by atoms with E-state index in [0.29, 0.717) is 43.5 Å². The standard InChI is InChI=1S/C43H53N5O9S/c1-5-27-22-43(27,40(51)47-58(53,54)29-16-17-29)46-37(49)34-20-28-23-48(34)39(50)36(25-11-6-7-12-25)45-41(52)56-24-42(2,3)18-10-13-26-19-32-31(21-35(26)55-4)30-14-8-9-15-33(30)44-38(32)57-28/h5,8-9,14-15,19,21,25,27-29,34,36H,1,6-7,10-13,16-18,20,22-24H2,2-4H3,(H,45,52)(H,46,49)(H,47,51)/t27-,28-,34+,36+,43-/m1/s1. The lowest BCUT2D eigenvalue weighted by Gasteiger charge is -2.32. The van der Waals surface area contributed by atoms with Gasteiger partial charge in [-0.25, -0.2) is 18.2 Å². The molecule has 3 aromatic rings. The maximum Gasteiger partial charge on any atom is 0.407 e. The topological polar surface area (TPSA) is 182 Å². The van der Waals surface area contributed by atoms with Gasteiger partial charge in [-0.05, 0) is 86.5 Å². The Balaban J connectivity index is 1.18. The van der Waals surface area contributed by atoms with E-state index < -0.39 is 68.7 Å². The van der Waals surface area contributed by atoms with Crippen molar-refractivity contribution in [3.05, 3.63) is 54.6 Å². The van der Waals surface area contributed by atoms with E-state index in [4.69, 9.17) is 19.2 Å². The number of methoxy groups -OCH3 is 1. The molecule has 14 nitrogen and oxygen atoms in total. The van der Waals surface area contributed by atoms with Crippen molar-refractivity contribution in [3.8, 4) is 11.6 Å². The van der Waals surface area contributed by atoms with E-state index in [1.807, 2.05) is 50.2 Å². The predicted octanol–water partition coefficient (Wildman–Crippen LogP) is 5.06. The molecule has 4 fully saturated rings. The van der Waals surface area contributed by atoms with E-state index in [2.05, 4.69) is 21.9 Å². The van der Waals surface area contributed by atoms with Crippen LogP contribution in [0.15, 0.2) is 49.1 Å². The number of aryl methyl sites for hydroxylation is 1. The summed E-state index contributed by atoms with van der Waals surface area (Å²) in [5.74, 6) is -1.53. The number of nitrogens with one attached hydrogen (secondary N) is 3. The van der Waals surface area contributed by atoms with Crippen molar-refractivity contribution >= 4 is 55.5 Å². The number of carbonyl (C=O) groups excluding carboxylic acids is 4. The van der Waals surface area contributed by atoms with Crippen LogP contribution >= 0.6 is 0 Å². The van der Waals surface area contributed by atoms with Crippen molar-refractivity contribution in [2.24, 2.45) is 17.3 Å². The Morgan fingerprint density at radius 3 is 2.52 bits per heavy atom. The van der Waals surface area contributed by atoms with Crippen molar-refractivity contribution in [2.75, 3.05) is 20.3 Å². The van der Waals surface area contributed by atoms with Gasteiger partial charge in [0.2, 0.25) is 27.7 Å². The summed E-state index contributed by atoms with van der Waals surface area (Å²) in [6.07, 6.45) is 6.66. The molecule has 5 aliphatic rings. The van der Waals surface area contributed by atoms with Gasteiger partial charge in [0.1, 0.15) is 29.5 Å². The lowest BCUT2D eigenvalue weighted by atomic mass is 9.87. The number of pyridine rings is 1. The summed E-state index contributed by atoms with van der Waals surface area (Å²) in [4.78, 5) is 63.0. The molecular formula is C43H53N5O9S. The normalized spacial score (nSPS) is 27.9. The quantitative estimate of drug-likeness (QED) is 0.205. The van der Waals surface area contributed by atoms with Crippen LogP contribution in [0.5, 0.6) is 11.6 Å². The molecule has 0 radical (unpaired) electrons. The van der Waals surface area contributed by atoms with Gasteiger partial charge in [0.15, 0.2) is 0 Å². The summed E-state index contributed by atoms with van der Waals surface area (Å²) in [6.45, 7) is 8.02. The lowest BCUT2D eigenvalue weighted by molar-refractivity contribution is -0.142. The Morgan fingerprint density at radius 2 is 1.81 bits per heavy atom. The van der Waals surface area contributed by atoms with Gasteiger partial charge in [0.05, 0.1) is 31.0 Å². The Hall–Kier alpha value is -4.92. The van der Waals surface area contributed by atoms with Crippen molar-refractivity contribution in [2.45, 2.75) is 113 Å². The molecule has 3 heterocycles. The third kappa shape index (κ3) is 7.81. The van der Waals surface area contributed by atoms with Gasteiger partial charge in [-0.1, -0.05) is 51.0 Å². The number of para-hydroxylation sites is 1. The number of nitrogens with zero attached hydrogens (tertiary/aromatic N) is 2. The fourth-order valence-electron chi connectivity index (χ4n) is 9.13. The summed E-state index contributed by atoms with van der Waals surface area (Å²) in [5, 5.41) is 7.67. The van der Waals surface area contributed by atoms with Crippen LogP contribution in [0.2, 0.25) is 0 Å². The number of alkyl carbamates (subject to hydrolysis) is 1. The minimum absolute atomic E-state index is 0.0109. The first-order chi connectivity index (χ1) is 27.7. The van der Waals surface area contributed by atoms with Crippen LogP contribution in [0.25, 0.3) is 21.7 Å². The van der Waals surface area contributed by atoms with Gasteiger partial charge in [-0.15, -0.1) is 6.58 Å². The molecule has 1 saturated heterocycles. The highest BCUT2D eigenvalue weighted by Crippen LogP contribution is 2.46. The van der Waals surface area contributed by atoms with Crippen LogP contribution in [0.4, 0.5) is 4.79 Å². The Bertz CT molecular complexity index is 2270. The molecule has 4 bridgehead atoms. The molecule has 3 saturated carbocycles. The molecule has 3 aliphatic carbocycles. The second-order valence-corrected chi connectivity index (χ2v) is 19.5. The van der Waals surface area contributed by atoms with Crippen LogP contribution < -0.4 is 24.8 Å². The highest BCUT2D eigenvalue weighted by molar-refractivity contribution is 7.91. The van der Waals surface area contributed by atoms with Crippen LogP contribution in [0, 0.1) is 17.3 Å². The van der Waals surface area contributed by atoms with Gasteiger partial charge in [0.25, 0.3) is 5.91 Å². The molecule has 0 unspecified atom stereocenters. The van der Waals surface area contributed by atoms with E-state index in [0.717, 1.165) is 53.2 Å². The Labute approximate surface area is 338 Å². The molecule has 0 spiro atoms. The first-order valence-electron chi connectivity index (χ1n) is 20.5. The smallest absolute Gasteiger partial charge is 0.407 e. The molecule has 2 aliphatic heterocycles. The van der Waals surface area contributed by atoms with Crippen molar-refractivity contribution in [3.63, 3.8) is 0 Å². The van der Waals surface area contributed by atoms with E-state index in [-0.39, 0.29) is 37.3 Å². The first-order valence-corrected chi connectivity index (χ1v) is 22.1. The van der Waals surface area contributed by atoms with Crippen molar-refractivity contribution < 1.29 is 41.8 Å². The third-order valence-corrected chi connectivity index (χ3v) is 14.6. The van der Waals surface area contributed by atoms with Gasteiger partial charge in [0, 0.05) is 28.5 Å². The molecule has 1 aromatic heterocycles. The van der Waals surface area contributed by atoms with Crippen LogP contribution in [0.3, 0.4) is 0 Å². The number of sulfonamides is 1. The number of hydrogen-bond acceptors (Lipinski definition) is 10. The number of fused-ring (bicyclic) bond motifs is 5. The van der Waals surface area contributed by atoms with Crippen LogP contribution in [-0.2, 0) is 35.6 Å². The van der Waals surface area contributed by atoms with E-state index in [1.54, 1.807) is 7.11 Å². The number of amides is 4. The minimum Gasteiger partial charge on any atom is -0.496 e. The average Bonchev–Trinajstić information content (AvgIpc) is 4.07. The third-order valence-electron chi connectivity index (χ3n) is 12.7. The molecule has 58 heavy (non-hydrogen) atoms. The predicted molar refractivity (Wildman–Crippen MR) is 217 cm³/mol. The second kappa shape index (κ2) is 15.4. The molecule has 4 amide bonds. The summed E-state index contributed by atoms with van der Waals surface area (Å²) < 4.78 is 46.3. The number of hydrogen-bond donors (Lipinski definition) is 3. The lowest BCUT2D eigenvalue weighted by Crippen LogP contribution is -2.59.